The lowest BCUT2D eigenvalue weighted by Crippen LogP contribution is -2.32. The molecule has 3 aromatic carbocycles. The number of likely N-dealkylation sites (N-methyl/N-ethyl adjacent to an activating group) is 1. The van der Waals surface area contributed by atoms with E-state index in [1.54, 1.807) is 42.5 Å². The van der Waals surface area contributed by atoms with E-state index in [0.29, 0.717) is 20.8 Å². The molecule has 0 saturated heterocycles. The quantitative estimate of drug-likeness (QED) is 0.429. The van der Waals surface area contributed by atoms with Gasteiger partial charge >= 0.3 is 0 Å². The monoisotopic (exact) mass is 502 g/mol. The van der Waals surface area contributed by atoms with E-state index in [2.05, 4.69) is 0 Å². The van der Waals surface area contributed by atoms with Gasteiger partial charge in [0.15, 0.2) is 9.84 Å². The van der Waals surface area contributed by atoms with Crippen LogP contribution in [0, 0.1) is 11.3 Å². The van der Waals surface area contributed by atoms with Crippen LogP contribution in [-0.4, -0.2) is 45.4 Å². The summed E-state index contributed by atoms with van der Waals surface area (Å²) >= 11 is 12.1. The fourth-order valence-corrected chi connectivity index (χ4v) is 5.19. The van der Waals surface area contributed by atoms with Gasteiger partial charge in [-0.15, -0.1) is 0 Å². The van der Waals surface area contributed by atoms with Crippen molar-refractivity contribution in [3.05, 3.63) is 75.3 Å². The third-order valence-corrected chi connectivity index (χ3v) is 7.25. The van der Waals surface area contributed by atoms with Crippen molar-refractivity contribution in [3.63, 3.8) is 0 Å². The molecular formula is C24H20Cl2N2O4S. The molecule has 0 fully saturated rings. The number of aldehydes is 1. The molecule has 33 heavy (non-hydrogen) atoms. The molecule has 0 radical (unpaired) electrons. The van der Waals surface area contributed by atoms with E-state index in [4.69, 9.17) is 23.2 Å². The van der Waals surface area contributed by atoms with Crippen LogP contribution in [0.5, 0.6) is 0 Å². The number of nitriles is 1. The van der Waals surface area contributed by atoms with Crippen molar-refractivity contribution in [1.82, 2.24) is 4.90 Å². The Morgan fingerprint density at radius 1 is 1.15 bits per heavy atom. The zero-order chi connectivity index (χ0) is 24.3. The third kappa shape index (κ3) is 5.19. The lowest BCUT2D eigenvalue weighted by molar-refractivity contribution is -0.108. The SMILES string of the molecule is CN(CC(CC=O)c1ccc(Cl)c(Cl)c1)C(=O)c1c(S(C)(=O)=O)c(C#N)cc2ccccc12. The van der Waals surface area contributed by atoms with Gasteiger partial charge in [0.1, 0.15) is 12.4 Å². The molecule has 0 aliphatic heterocycles. The molecule has 0 saturated carbocycles. The minimum absolute atomic E-state index is 0.0614. The molecule has 1 amide bonds. The molecule has 1 unspecified atom stereocenters. The molecule has 0 N–H and O–H groups in total. The van der Waals surface area contributed by atoms with Crippen LogP contribution in [0.1, 0.15) is 33.8 Å². The Morgan fingerprint density at radius 2 is 1.85 bits per heavy atom. The number of halogens is 2. The molecule has 0 spiro atoms. The summed E-state index contributed by atoms with van der Waals surface area (Å²) < 4.78 is 25.2. The lowest BCUT2D eigenvalue weighted by atomic mass is 9.95. The highest BCUT2D eigenvalue weighted by atomic mass is 35.5. The second-order valence-corrected chi connectivity index (χ2v) is 10.5. The molecule has 9 heteroatoms. The molecule has 3 aromatic rings. The fourth-order valence-electron chi connectivity index (χ4n) is 3.81. The van der Waals surface area contributed by atoms with Crippen molar-refractivity contribution in [2.24, 2.45) is 0 Å². The number of fused-ring (bicyclic) bond motifs is 1. The van der Waals surface area contributed by atoms with Gasteiger partial charge in [-0.2, -0.15) is 5.26 Å². The Hall–Kier alpha value is -2.92. The molecule has 0 aliphatic rings. The van der Waals surface area contributed by atoms with E-state index in [1.165, 1.54) is 18.0 Å². The molecule has 0 heterocycles. The fraction of sp³-hybridized carbons (Fsp3) is 0.208. The van der Waals surface area contributed by atoms with Gasteiger partial charge in [-0.3, -0.25) is 4.79 Å². The molecule has 0 aliphatic carbocycles. The summed E-state index contributed by atoms with van der Waals surface area (Å²) in [6, 6.07) is 15.2. The summed E-state index contributed by atoms with van der Waals surface area (Å²) in [6.45, 7) is 0.115. The maximum atomic E-state index is 13.6. The number of amides is 1. The molecule has 3 rings (SSSR count). The number of rotatable bonds is 7. The van der Waals surface area contributed by atoms with Gasteiger partial charge in [0.25, 0.3) is 5.91 Å². The van der Waals surface area contributed by atoms with Gasteiger partial charge in [0, 0.05) is 32.2 Å². The van der Waals surface area contributed by atoms with Gasteiger partial charge in [-0.25, -0.2) is 8.42 Å². The Morgan fingerprint density at radius 3 is 2.45 bits per heavy atom. The Labute approximate surface area is 202 Å². The van der Waals surface area contributed by atoms with Gasteiger partial charge in [0.2, 0.25) is 0 Å². The zero-order valence-corrected chi connectivity index (χ0v) is 20.2. The molecule has 0 bridgehead atoms. The van der Waals surface area contributed by atoms with Crippen molar-refractivity contribution < 1.29 is 18.0 Å². The minimum Gasteiger partial charge on any atom is -0.341 e. The van der Waals surface area contributed by atoms with Crippen molar-refractivity contribution in [2.75, 3.05) is 19.8 Å². The van der Waals surface area contributed by atoms with E-state index in [9.17, 15) is 23.3 Å². The maximum Gasteiger partial charge on any atom is 0.255 e. The number of sulfone groups is 1. The van der Waals surface area contributed by atoms with Crippen LogP contribution in [-0.2, 0) is 14.6 Å². The van der Waals surface area contributed by atoms with Crippen molar-refractivity contribution >= 4 is 56.0 Å². The summed E-state index contributed by atoms with van der Waals surface area (Å²) in [7, 11) is -2.38. The van der Waals surface area contributed by atoms with Gasteiger partial charge in [0.05, 0.1) is 26.1 Å². The number of carbonyl (C=O) groups is 2. The predicted molar refractivity (Wildman–Crippen MR) is 129 cm³/mol. The number of nitrogens with zero attached hydrogens (tertiary/aromatic N) is 2. The third-order valence-electron chi connectivity index (χ3n) is 5.34. The first-order valence-corrected chi connectivity index (χ1v) is 12.5. The Bertz CT molecular complexity index is 1400. The van der Waals surface area contributed by atoms with Crippen molar-refractivity contribution in [3.8, 4) is 6.07 Å². The minimum atomic E-state index is -3.91. The van der Waals surface area contributed by atoms with Crippen molar-refractivity contribution in [2.45, 2.75) is 17.2 Å². The highest BCUT2D eigenvalue weighted by Gasteiger charge is 2.29. The van der Waals surface area contributed by atoms with Crippen LogP contribution in [0.3, 0.4) is 0 Å². The maximum absolute atomic E-state index is 13.6. The van der Waals surface area contributed by atoms with Crippen LogP contribution < -0.4 is 0 Å². The normalized spacial score (nSPS) is 12.2. The molecule has 6 nitrogen and oxygen atoms in total. The van der Waals surface area contributed by atoms with E-state index in [0.717, 1.165) is 18.1 Å². The Kier molecular flexibility index (Phi) is 7.43. The van der Waals surface area contributed by atoms with Crippen LogP contribution in [0.25, 0.3) is 10.8 Å². The first-order chi connectivity index (χ1) is 15.6. The summed E-state index contributed by atoms with van der Waals surface area (Å²) in [6.07, 6.45) is 1.84. The van der Waals surface area contributed by atoms with Crippen molar-refractivity contribution in [1.29, 1.82) is 5.26 Å². The number of hydrogen-bond acceptors (Lipinski definition) is 5. The first-order valence-electron chi connectivity index (χ1n) is 9.88. The summed E-state index contributed by atoms with van der Waals surface area (Å²) in [5.41, 5.74) is 0.561. The largest absolute Gasteiger partial charge is 0.341 e. The highest BCUT2D eigenvalue weighted by Crippen LogP contribution is 2.32. The molecule has 170 valence electrons. The van der Waals surface area contributed by atoms with E-state index in [-0.39, 0.29) is 29.0 Å². The zero-order valence-electron chi connectivity index (χ0n) is 17.9. The van der Waals surface area contributed by atoms with Gasteiger partial charge in [-0.1, -0.05) is 53.5 Å². The summed E-state index contributed by atoms with van der Waals surface area (Å²) in [5, 5.41) is 11.3. The van der Waals surface area contributed by atoms with Crippen LogP contribution in [0.4, 0.5) is 0 Å². The topological polar surface area (TPSA) is 95.3 Å². The van der Waals surface area contributed by atoms with Gasteiger partial charge < -0.3 is 9.69 Å². The second-order valence-electron chi connectivity index (χ2n) is 7.69. The van der Waals surface area contributed by atoms with Crippen LogP contribution in [0.2, 0.25) is 10.0 Å². The standard InChI is InChI=1S/C24H20Cl2N2O4S/c1-28(14-17(9-10-29)15-7-8-20(25)21(26)12-15)24(30)22-19-6-4-3-5-16(19)11-18(13-27)23(22)33(2,31)32/h3-8,10-12,17H,9,14H2,1-2H3. The second kappa shape index (κ2) is 9.92. The Balaban J connectivity index is 2.12. The molecular weight excluding hydrogens is 483 g/mol. The van der Waals surface area contributed by atoms with Gasteiger partial charge in [-0.05, 0) is 34.5 Å². The van der Waals surface area contributed by atoms with E-state index in [1.807, 2.05) is 6.07 Å². The number of hydrogen-bond donors (Lipinski definition) is 0. The van der Waals surface area contributed by atoms with E-state index >= 15 is 0 Å². The first kappa shape index (κ1) is 24.7. The lowest BCUT2D eigenvalue weighted by Gasteiger charge is -2.25. The highest BCUT2D eigenvalue weighted by molar-refractivity contribution is 7.90. The predicted octanol–water partition coefficient (Wildman–Crippen LogP) is 4.87. The van der Waals surface area contributed by atoms with E-state index < -0.39 is 21.7 Å². The summed E-state index contributed by atoms with van der Waals surface area (Å²) in [4.78, 5) is 26.0. The van der Waals surface area contributed by atoms with Crippen LogP contribution >= 0.6 is 23.2 Å². The van der Waals surface area contributed by atoms with Crippen LogP contribution in [0.15, 0.2) is 53.4 Å². The average Bonchev–Trinajstić information content (AvgIpc) is 2.78. The summed E-state index contributed by atoms with van der Waals surface area (Å²) in [5.74, 6) is -0.960. The smallest absolute Gasteiger partial charge is 0.255 e. The molecule has 1 atom stereocenters. The number of benzene rings is 3. The number of carbonyl (C=O) groups excluding carboxylic acids is 2. The molecule has 0 aromatic heterocycles. The average molecular weight is 503 g/mol.